The van der Waals surface area contributed by atoms with Gasteiger partial charge in [-0.05, 0) is 44.9 Å². The van der Waals surface area contributed by atoms with Crippen molar-refractivity contribution in [3.63, 3.8) is 0 Å². The first-order chi connectivity index (χ1) is 23.7. The maximum absolute atomic E-state index is 12.3. The topological polar surface area (TPSA) is 69.6 Å². The van der Waals surface area contributed by atoms with Gasteiger partial charge in [0.1, 0.15) is 0 Å². The first-order valence-electron chi connectivity index (χ1n) is 21.6. The average Bonchev–Trinajstić information content (AvgIpc) is 3.09. The fourth-order valence-corrected chi connectivity index (χ4v) is 6.58. The molecule has 4 nitrogen and oxygen atoms in total. The van der Waals surface area contributed by atoms with Gasteiger partial charge in [0.25, 0.3) is 0 Å². The lowest BCUT2D eigenvalue weighted by Crippen LogP contribution is -2.45. The van der Waals surface area contributed by atoms with E-state index < -0.39 is 12.1 Å². The van der Waals surface area contributed by atoms with Gasteiger partial charge in [-0.3, -0.25) is 4.79 Å². The molecule has 4 heteroatoms. The molecule has 0 saturated carbocycles. The number of hydrogen-bond acceptors (Lipinski definition) is 3. The standard InChI is InChI=1S/C44H85NO3/c1-3-5-7-9-11-12-13-14-15-16-17-18-19-20-21-22-23-24-25-26-27-28-29-30-31-32-34-36-38-40-44(48)45-42(41-46)43(47)39-37-35-33-10-8-6-4-2/h16-17,37,39,42-43,46-47H,3-15,18-36,38,40-41H2,1-2H3,(H,45,48)/b17-16-,39-37+. The van der Waals surface area contributed by atoms with Crippen LogP contribution in [0.25, 0.3) is 0 Å². The van der Waals surface area contributed by atoms with Gasteiger partial charge in [-0.25, -0.2) is 0 Å². The fraction of sp³-hybridized carbons (Fsp3) is 0.886. The van der Waals surface area contributed by atoms with Crippen molar-refractivity contribution in [3.05, 3.63) is 24.3 Å². The Kier molecular flexibility index (Phi) is 39.4. The van der Waals surface area contributed by atoms with E-state index in [1.54, 1.807) is 6.08 Å². The van der Waals surface area contributed by atoms with Gasteiger partial charge >= 0.3 is 0 Å². The van der Waals surface area contributed by atoms with Crippen LogP contribution in [0.5, 0.6) is 0 Å². The lowest BCUT2D eigenvalue weighted by Gasteiger charge is -2.20. The van der Waals surface area contributed by atoms with Crippen LogP contribution in [0.3, 0.4) is 0 Å². The first-order valence-corrected chi connectivity index (χ1v) is 21.6. The van der Waals surface area contributed by atoms with Gasteiger partial charge in [-0.1, -0.05) is 205 Å². The highest BCUT2D eigenvalue weighted by Crippen LogP contribution is 2.15. The highest BCUT2D eigenvalue weighted by Gasteiger charge is 2.17. The van der Waals surface area contributed by atoms with Crippen LogP contribution in [-0.4, -0.2) is 34.9 Å². The van der Waals surface area contributed by atoms with E-state index in [0.29, 0.717) is 6.42 Å². The largest absolute Gasteiger partial charge is 0.394 e. The molecule has 48 heavy (non-hydrogen) atoms. The number of carbonyl (C=O) groups is 1. The van der Waals surface area contributed by atoms with Gasteiger partial charge < -0.3 is 15.5 Å². The Balaban J connectivity index is 3.39. The Hall–Kier alpha value is -1.13. The molecule has 0 fully saturated rings. The second kappa shape index (κ2) is 40.3. The van der Waals surface area contributed by atoms with Crippen molar-refractivity contribution in [2.75, 3.05) is 6.61 Å². The van der Waals surface area contributed by atoms with Gasteiger partial charge in [0.05, 0.1) is 18.8 Å². The van der Waals surface area contributed by atoms with Gasteiger partial charge in [0.2, 0.25) is 5.91 Å². The molecule has 0 bridgehead atoms. The molecule has 0 aromatic rings. The summed E-state index contributed by atoms with van der Waals surface area (Å²) in [6, 6.07) is -0.615. The highest BCUT2D eigenvalue weighted by atomic mass is 16.3. The molecule has 0 heterocycles. The van der Waals surface area contributed by atoms with Crippen LogP contribution in [-0.2, 0) is 4.79 Å². The minimum atomic E-state index is -0.832. The number of unbranched alkanes of at least 4 members (excludes halogenated alkanes) is 30. The molecule has 0 saturated heterocycles. The molecule has 0 aliphatic heterocycles. The van der Waals surface area contributed by atoms with Crippen LogP contribution >= 0.6 is 0 Å². The fourth-order valence-electron chi connectivity index (χ4n) is 6.58. The van der Waals surface area contributed by atoms with E-state index in [2.05, 4.69) is 31.3 Å². The van der Waals surface area contributed by atoms with Crippen LogP contribution in [0.2, 0.25) is 0 Å². The first kappa shape index (κ1) is 46.9. The van der Waals surface area contributed by atoms with Crippen molar-refractivity contribution < 1.29 is 15.0 Å². The van der Waals surface area contributed by atoms with Crippen molar-refractivity contribution in [2.24, 2.45) is 0 Å². The molecule has 0 rings (SSSR count). The maximum atomic E-state index is 12.3. The minimum absolute atomic E-state index is 0.0660. The van der Waals surface area contributed by atoms with Crippen molar-refractivity contribution in [3.8, 4) is 0 Å². The highest BCUT2D eigenvalue weighted by molar-refractivity contribution is 5.76. The number of aliphatic hydroxyl groups excluding tert-OH is 2. The third kappa shape index (κ3) is 36.2. The molecule has 0 aliphatic carbocycles. The number of rotatable bonds is 39. The lowest BCUT2D eigenvalue weighted by molar-refractivity contribution is -0.123. The second-order valence-corrected chi connectivity index (χ2v) is 14.8. The molecule has 2 atom stereocenters. The molecule has 284 valence electrons. The van der Waals surface area contributed by atoms with Crippen LogP contribution in [0.1, 0.15) is 232 Å². The molecule has 0 aliphatic rings. The summed E-state index contributed by atoms with van der Waals surface area (Å²) in [5.41, 5.74) is 0. The summed E-state index contributed by atoms with van der Waals surface area (Å²) in [6.45, 7) is 4.26. The van der Waals surface area contributed by atoms with E-state index in [1.165, 1.54) is 186 Å². The third-order valence-corrected chi connectivity index (χ3v) is 9.93. The van der Waals surface area contributed by atoms with Gasteiger partial charge in [0, 0.05) is 6.42 Å². The van der Waals surface area contributed by atoms with E-state index in [0.717, 1.165) is 25.7 Å². The molecule has 3 N–H and O–H groups in total. The zero-order valence-electron chi connectivity index (χ0n) is 32.5. The van der Waals surface area contributed by atoms with E-state index in [9.17, 15) is 15.0 Å². The van der Waals surface area contributed by atoms with Gasteiger partial charge in [-0.15, -0.1) is 0 Å². The Bertz CT molecular complexity index is 691. The summed E-state index contributed by atoms with van der Waals surface area (Å²) in [4.78, 5) is 12.3. The molecular weight excluding hydrogens is 590 g/mol. The number of allylic oxidation sites excluding steroid dienone is 3. The summed E-state index contributed by atoms with van der Waals surface area (Å²) in [5, 5.41) is 22.7. The number of amides is 1. The Labute approximate surface area is 300 Å². The summed E-state index contributed by atoms with van der Waals surface area (Å²) < 4.78 is 0. The summed E-state index contributed by atoms with van der Waals surface area (Å²) >= 11 is 0. The van der Waals surface area contributed by atoms with Crippen molar-refractivity contribution in [1.82, 2.24) is 5.32 Å². The molecule has 0 radical (unpaired) electrons. The van der Waals surface area contributed by atoms with Crippen LogP contribution in [0.4, 0.5) is 0 Å². The van der Waals surface area contributed by atoms with Crippen molar-refractivity contribution in [1.29, 1.82) is 0 Å². The van der Waals surface area contributed by atoms with Crippen LogP contribution in [0.15, 0.2) is 24.3 Å². The molecule has 0 aromatic carbocycles. The van der Waals surface area contributed by atoms with Gasteiger partial charge in [-0.2, -0.15) is 0 Å². The molecule has 0 aromatic heterocycles. The quantitative estimate of drug-likeness (QED) is 0.0448. The number of carbonyl (C=O) groups excluding carboxylic acids is 1. The monoisotopic (exact) mass is 676 g/mol. The van der Waals surface area contributed by atoms with E-state index >= 15 is 0 Å². The molecular formula is C44H85NO3. The Morgan fingerprint density at radius 2 is 0.792 bits per heavy atom. The van der Waals surface area contributed by atoms with Gasteiger partial charge in [0.15, 0.2) is 0 Å². The summed E-state index contributed by atoms with van der Waals surface area (Å²) in [7, 11) is 0. The summed E-state index contributed by atoms with van der Waals surface area (Å²) in [5.74, 6) is -0.0660. The van der Waals surface area contributed by atoms with E-state index in [-0.39, 0.29) is 12.5 Å². The average molecular weight is 676 g/mol. The van der Waals surface area contributed by atoms with Crippen LogP contribution < -0.4 is 5.32 Å². The molecule has 0 spiro atoms. The normalized spacial score (nSPS) is 13.2. The van der Waals surface area contributed by atoms with E-state index in [1.807, 2.05) is 6.08 Å². The Morgan fingerprint density at radius 1 is 0.479 bits per heavy atom. The van der Waals surface area contributed by atoms with Crippen molar-refractivity contribution in [2.45, 2.75) is 244 Å². The number of hydrogen-bond donors (Lipinski definition) is 3. The predicted octanol–water partition coefficient (Wildman–Crippen LogP) is 13.2. The predicted molar refractivity (Wildman–Crippen MR) is 212 cm³/mol. The van der Waals surface area contributed by atoms with Crippen LogP contribution in [0, 0.1) is 0 Å². The van der Waals surface area contributed by atoms with Crippen molar-refractivity contribution >= 4 is 5.91 Å². The number of aliphatic hydroxyl groups is 2. The van der Waals surface area contributed by atoms with E-state index in [4.69, 9.17) is 0 Å². The SMILES string of the molecule is CCCCCCC/C=C/C(O)C(CO)NC(=O)CCCCCCCCCCCCCCCCCCC/C=C\CCCCCCCCCC. The smallest absolute Gasteiger partial charge is 0.220 e. The lowest BCUT2D eigenvalue weighted by atomic mass is 10.0. The molecule has 1 amide bonds. The number of nitrogens with one attached hydrogen (secondary N) is 1. The molecule has 2 unspecified atom stereocenters. The Morgan fingerprint density at radius 3 is 1.15 bits per heavy atom. The minimum Gasteiger partial charge on any atom is -0.394 e. The third-order valence-electron chi connectivity index (χ3n) is 9.93. The zero-order chi connectivity index (χ0) is 35.0. The second-order valence-electron chi connectivity index (χ2n) is 14.8. The zero-order valence-corrected chi connectivity index (χ0v) is 32.5. The maximum Gasteiger partial charge on any atom is 0.220 e. The summed E-state index contributed by atoms with van der Waals surface area (Å²) in [6.07, 6.45) is 51.7.